The zero-order chi connectivity index (χ0) is 12.3. The smallest absolute Gasteiger partial charge is 0.386 e. The minimum Gasteiger partial charge on any atom is -0.386 e. The molecule has 2 rings (SSSR count). The first-order chi connectivity index (χ1) is 8.18. The van der Waals surface area contributed by atoms with E-state index >= 15 is 0 Å². The highest BCUT2D eigenvalue weighted by Crippen LogP contribution is 2.10. The lowest BCUT2D eigenvalue weighted by Crippen LogP contribution is -2.39. The molecule has 0 radical (unpaired) electrons. The zero-order valence-corrected chi connectivity index (χ0v) is 10.3. The molecule has 0 aliphatic carbocycles. The van der Waals surface area contributed by atoms with E-state index in [9.17, 15) is 4.79 Å². The van der Waals surface area contributed by atoms with Gasteiger partial charge >= 0.3 is 6.02 Å². The van der Waals surface area contributed by atoms with Crippen molar-refractivity contribution in [2.24, 2.45) is 0 Å². The number of ether oxygens (including phenoxy) is 1. The van der Waals surface area contributed by atoms with Gasteiger partial charge < -0.3 is 9.72 Å². The van der Waals surface area contributed by atoms with Gasteiger partial charge in [0.25, 0.3) is 5.56 Å². The maximum absolute atomic E-state index is 11.6. The molecule has 0 atom stereocenters. The second-order valence-corrected chi connectivity index (χ2v) is 4.34. The van der Waals surface area contributed by atoms with Gasteiger partial charge in [0.1, 0.15) is 0 Å². The van der Waals surface area contributed by atoms with Crippen molar-refractivity contribution in [3.05, 3.63) is 28.7 Å². The monoisotopic (exact) mass is 236 g/mol. The highest BCUT2D eigenvalue weighted by atomic mass is 16.5. The summed E-state index contributed by atoms with van der Waals surface area (Å²) >= 11 is 0. The zero-order valence-electron chi connectivity index (χ0n) is 10.3. The van der Waals surface area contributed by atoms with Gasteiger partial charge in [-0.3, -0.25) is 4.79 Å². The Labute approximate surface area is 100 Å². The molecular weight excluding hydrogens is 218 g/mol. The Morgan fingerprint density at radius 3 is 2.71 bits per heavy atom. The minimum absolute atomic E-state index is 0.203. The maximum atomic E-state index is 11.6. The van der Waals surface area contributed by atoms with Crippen molar-refractivity contribution in [1.29, 1.82) is 0 Å². The van der Waals surface area contributed by atoms with Crippen LogP contribution in [0.5, 0.6) is 5.75 Å². The van der Waals surface area contributed by atoms with Crippen LogP contribution in [-0.2, 0) is 0 Å². The molecule has 0 bridgehead atoms. The van der Waals surface area contributed by atoms with Crippen molar-refractivity contribution in [3.8, 4) is 5.75 Å². The Bertz CT molecular complexity index is 469. The third-order valence-corrected chi connectivity index (χ3v) is 2.74. The summed E-state index contributed by atoms with van der Waals surface area (Å²) in [5, 5.41) is 0. The van der Waals surface area contributed by atoms with Gasteiger partial charge in [0, 0.05) is 6.20 Å². The fraction of sp³-hybridized carbons (Fsp3) is 0.500. The number of rotatable bonds is 1. The van der Waals surface area contributed by atoms with E-state index in [1.807, 2.05) is 18.7 Å². The number of aromatic amines is 1. The summed E-state index contributed by atoms with van der Waals surface area (Å²) in [6.07, 6.45) is 3.94. The van der Waals surface area contributed by atoms with Crippen molar-refractivity contribution >= 4 is 6.02 Å². The van der Waals surface area contributed by atoms with E-state index in [1.165, 1.54) is 12.8 Å². The van der Waals surface area contributed by atoms with Crippen LogP contribution in [0.25, 0.3) is 0 Å². The van der Waals surface area contributed by atoms with E-state index in [1.54, 1.807) is 18.3 Å². The van der Waals surface area contributed by atoms with Crippen LogP contribution in [0.1, 0.15) is 12.8 Å². The number of nitrogens with zero attached hydrogens (tertiary/aromatic N) is 2. The molecule has 92 valence electrons. The van der Waals surface area contributed by atoms with Gasteiger partial charge in [-0.2, -0.15) is 0 Å². The predicted octanol–water partition coefficient (Wildman–Crippen LogP) is 0.478. The number of hydrogen-bond donors (Lipinski definition) is 1. The average Bonchev–Trinajstić information content (AvgIpc) is 2.81. The summed E-state index contributed by atoms with van der Waals surface area (Å²) in [7, 11) is 3.84. The van der Waals surface area contributed by atoms with E-state index in [0.29, 0.717) is 5.75 Å². The van der Waals surface area contributed by atoms with Crippen molar-refractivity contribution in [2.45, 2.75) is 12.8 Å². The molecule has 5 nitrogen and oxygen atoms in total. The topological polar surface area (TPSA) is 48.3 Å². The largest absolute Gasteiger partial charge is 0.451 e. The van der Waals surface area contributed by atoms with Gasteiger partial charge in [-0.15, -0.1) is 0 Å². The number of nitrogens with one attached hydrogen (secondary N) is 1. The Morgan fingerprint density at radius 2 is 2.12 bits per heavy atom. The lowest BCUT2D eigenvalue weighted by atomic mass is 10.4. The molecule has 0 spiro atoms. The second-order valence-electron chi connectivity index (χ2n) is 4.34. The van der Waals surface area contributed by atoms with Crippen LogP contribution in [-0.4, -0.2) is 47.7 Å². The Hall–Kier alpha value is -1.78. The van der Waals surface area contributed by atoms with Gasteiger partial charge in [0.2, 0.25) is 0 Å². The molecule has 1 saturated heterocycles. The molecule has 0 saturated carbocycles. The average molecular weight is 236 g/mol. The lowest BCUT2D eigenvalue weighted by molar-refractivity contribution is -0.478. The molecule has 17 heavy (non-hydrogen) atoms. The molecule has 1 aliphatic heterocycles. The second kappa shape index (κ2) is 5.03. The van der Waals surface area contributed by atoms with E-state index in [2.05, 4.69) is 9.88 Å². The SMILES string of the molecule is C[N+](C)=C(Oc1ccc[nH]c1=O)N1CCCC1. The van der Waals surface area contributed by atoms with Gasteiger partial charge in [0.05, 0.1) is 27.2 Å². The number of hydrogen-bond acceptors (Lipinski definition) is 2. The van der Waals surface area contributed by atoms with E-state index < -0.39 is 0 Å². The molecular formula is C12H18N3O2+. The summed E-state index contributed by atoms with van der Waals surface area (Å²) in [6.45, 7) is 1.97. The fourth-order valence-electron chi connectivity index (χ4n) is 1.93. The molecule has 0 aromatic carbocycles. The molecule has 2 heterocycles. The fourth-order valence-corrected chi connectivity index (χ4v) is 1.93. The van der Waals surface area contributed by atoms with Crippen molar-refractivity contribution in [1.82, 2.24) is 9.88 Å². The molecule has 1 aromatic rings. The van der Waals surface area contributed by atoms with Crippen LogP contribution in [0.3, 0.4) is 0 Å². The normalized spacial score (nSPS) is 14.8. The maximum Gasteiger partial charge on any atom is 0.451 e. The van der Waals surface area contributed by atoms with Crippen LogP contribution in [0.4, 0.5) is 0 Å². The molecule has 0 unspecified atom stereocenters. The molecule has 1 N–H and O–H groups in total. The van der Waals surface area contributed by atoms with Crippen LogP contribution in [0.2, 0.25) is 0 Å². The lowest BCUT2D eigenvalue weighted by Gasteiger charge is -2.13. The summed E-state index contributed by atoms with van der Waals surface area (Å²) in [6, 6.07) is 4.17. The van der Waals surface area contributed by atoms with Crippen molar-refractivity contribution < 1.29 is 9.31 Å². The number of H-pyrrole nitrogens is 1. The highest BCUT2D eigenvalue weighted by Gasteiger charge is 2.27. The van der Waals surface area contributed by atoms with E-state index in [4.69, 9.17) is 4.74 Å². The third kappa shape index (κ3) is 2.67. The summed E-state index contributed by atoms with van der Waals surface area (Å²) < 4.78 is 7.62. The van der Waals surface area contributed by atoms with Gasteiger partial charge in [-0.05, 0) is 25.0 Å². The number of amidine groups is 1. The summed E-state index contributed by atoms with van der Waals surface area (Å²) in [5.41, 5.74) is -0.203. The Morgan fingerprint density at radius 1 is 1.41 bits per heavy atom. The van der Waals surface area contributed by atoms with E-state index in [0.717, 1.165) is 19.1 Å². The number of likely N-dealkylation sites (tertiary alicyclic amines) is 1. The molecule has 5 heteroatoms. The van der Waals surface area contributed by atoms with Crippen LogP contribution in [0, 0.1) is 0 Å². The molecule has 0 amide bonds. The first-order valence-electron chi connectivity index (χ1n) is 5.83. The third-order valence-electron chi connectivity index (χ3n) is 2.74. The molecule has 1 aliphatic rings. The van der Waals surface area contributed by atoms with Gasteiger partial charge in [-0.25, -0.2) is 9.48 Å². The minimum atomic E-state index is -0.203. The van der Waals surface area contributed by atoms with Crippen LogP contribution < -0.4 is 10.3 Å². The number of aromatic nitrogens is 1. The first-order valence-corrected chi connectivity index (χ1v) is 5.83. The molecule has 1 aromatic heterocycles. The molecule has 1 fully saturated rings. The predicted molar refractivity (Wildman–Crippen MR) is 65.6 cm³/mol. The van der Waals surface area contributed by atoms with Crippen molar-refractivity contribution in [3.63, 3.8) is 0 Å². The Kier molecular flexibility index (Phi) is 3.46. The van der Waals surface area contributed by atoms with Gasteiger partial charge in [-0.1, -0.05) is 0 Å². The number of pyridine rings is 1. The highest BCUT2D eigenvalue weighted by molar-refractivity contribution is 5.71. The van der Waals surface area contributed by atoms with Gasteiger partial charge in [0.15, 0.2) is 5.75 Å². The van der Waals surface area contributed by atoms with E-state index in [-0.39, 0.29) is 5.56 Å². The first kappa shape index (κ1) is 11.7. The van der Waals surface area contributed by atoms with Crippen molar-refractivity contribution in [2.75, 3.05) is 27.2 Å². The Balaban J connectivity index is 2.23. The van der Waals surface area contributed by atoms with Crippen LogP contribution >= 0.6 is 0 Å². The quantitative estimate of drug-likeness (QED) is 0.438. The summed E-state index contributed by atoms with van der Waals surface area (Å²) in [4.78, 5) is 16.3. The standard InChI is InChI=1S/C12H17N3O2/c1-14(2)12(15-8-3-4-9-15)17-10-6-5-7-13-11(10)16/h5-7H,3-4,8-9H2,1-2H3/p+1. The summed E-state index contributed by atoms with van der Waals surface area (Å²) in [5.74, 6) is 0.336. The van der Waals surface area contributed by atoms with Crippen LogP contribution in [0.15, 0.2) is 23.1 Å².